The van der Waals surface area contributed by atoms with E-state index in [0.717, 1.165) is 16.8 Å². The van der Waals surface area contributed by atoms with Crippen molar-refractivity contribution in [2.75, 3.05) is 6.54 Å². The first-order valence-corrected chi connectivity index (χ1v) is 7.34. The van der Waals surface area contributed by atoms with E-state index in [2.05, 4.69) is 22.5 Å². The Bertz CT molecular complexity index is 569. The van der Waals surface area contributed by atoms with Gasteiger partial charge in [-0.1, -0.05) is 51.1 Å². The number of hydrogen-bond acceptors (Lipinski definition) is 3. The molecule has 114 valence electrons. The molecular formula is C17H25N3O. The van der Waals surface area contributed by atoms with Gasteiger partial charge in [0.15, 0.2) is 0 Å². The van der Waals surface area contributed by atoms with Crippen molar-refractivity contribution in [2.24, 2.45) is 12.5 Å². The predicted molar refractivity (Wildman–Crippen MR) is 85.8 cm³/mol. The summed E-state index contributed by atoms with van der Waals surface area (Å²) in [7, 11) is 1.93. The van der Waals surface area contributed by atoms with Gasteiger partial charge < -0.3 is 10.4 Å². The minimum atomic E-state index is -0.366. The zero-order valence-corrected chi connectivity index (χ0v) is 13.3. The smallest absolute Gasteiger partial charge is 0.0967 e. The van der Waals surface area contributed by atoms with E-state index in [0.29, 0.717) is 13.1 Å². The molecule has 0 aliphatic carbocycles. The number of nitrogens with zero attached hydrogens (tertiary/aromatic N) is 2. The van der Waals surface area contributed by atoms with Crippen molar-refractivity contribution in [3.8, 4) is 11.3 Å². The molecule has 0 spiro atoms. The van der Waals surface area contributed by atoms with Crippen LogP contribution in [0.5, 0.6) is 0 Å². The third kappa shape index (κ3) is 4.16. The third-order valence-electron chi connectivity index (χ3n) is 3.60. The average molecular weight is 287 g/mol. The SMILES string of the molecule is Cn1cc(CNCC(O)C(C)(C)C)c(-c2ccccc2)n1. The monoisotopic (exact) mass is 287 g/mol. The van der Waals surface area contributed by atoms with Crippen molar-refractivity contribution in [1.29, 1.82) is 0 Å². The highest BCUT2D eigenvalue weighted by molar-refractivity contribution is 5.62. The third-order valence-corrected chi connectivity index (χ3v) is 3.60. The molecule has 0 amide bonds. The molecule has 2 rings (SSSR count). The van der Waals surface area contributed by atoms with Crippen LogP contribution in [-0.4, -0.2) is 27.5 Å². The van der Waals surface area contributed by atoms with Crippen LogP contribution in [0.2, 0.25) is 0 Å². The second-order valence-electron chi connectivity index (χ2n) is 6.56. The maximum absolute atomic E-state index is 10.1. The van der Waals surface area contributed by atoms with Gasteiger partial charge in [0.1, 0.15) is 0 Å². The van der Waals surface area contributed by atoms with E-state index >= 15 is 0 Å². The Labute approximate surface area is 126 Å². The highest BCUT2D eigenvalue weighted by Crippen LogP contribution is 2.22. The van der Waals surface area contributed by atoms with Crippen LogP contribution in [0.15, 0.2) is 36.5 Å². The van der Waals surface area contributed by atoms with Gasteiger partial charge in [-0.05, 0) is 5.41 Å². The number of aliphatic hydroxyl groups excluding tert-OH is 1. The average Bonchev–Trinajstić information content (AvgIpc) is 2.80. The zero-order valence-electron chi connectivity index (χ0n) is 13.3. The van der Waals surface area contributed by atoms with Crippen LogP contribution in [-0.2, 0) is 13.6 Å². The van der Waals surface area contributed by atoms with Crippen molar-refractivity contribution >= 4 is 0 Å². The molecule has 0 bridgehead atoms. The fourth-order valence-corrected chi connectivity index (χ4v) is 2.16. The normalized spacial score (nSPS) is 13.4. The molecule has 0 aliphatic heterocycles. The second kappa shape index (κ2) is 6.41. The molecule has 0 saturated heterocycles. The highest BCUT2D eigenvalue weighted by atomic mass is 16.3. The lowest BCUT2D eigenvalue weighted by molar-refractivity contribution is 0.0628. The van der Waals surface area contributed by atoms with E-state index in [-0.39, 0.29) is 11.5 Å². The lowest BCUT2D eigenvalue weighted by atomic mass is 9.89. The van der Waals surface area contributed by atoms with E-state index in [4.69, 9.17) is 0 Å². The lowest BCUT2D eigenvalue weighted by Crippen LogP contribution is -2.36. The van der Waals surface area contributed by atoms with Crippen molar-refractivity contribution in [2.45, 2.75) is 33.4 Å². The standard InChI is InChI=1S/C17H25N3O/c1-17(2,3)15(21)11-18-10-14-12-20(4)19-16(14)13-8-6-5-7-9-13/h5-9,12,15,18,21H,10-11H2,1-4H3. The summed E-state index contributed by atoms with van der Waals surface area (Å²) in [5.74, 6) is 0. The van der Waals surface area contributed by atoms with Gasteiger partial charge in [-0.25, -0.2) is 0 Å². The van der Waals surface area contributed by atoms with Crippen LogP contribution < -0.4 is 5.32 Å². The Morgan fingerprint density at radius 2 is 1.90 bits per heavy atom. The topological polar surface area (TPSA) is 50.1 Å². The Morgan fingerprint density at radius 3 is 2.52 bits per heavy atom. The predicted octanol–water partition coefficient (Wildman–Crippen LogP) is 2.58. The fourth-order valence-electron chi connectivity index (χ4n) is 2.16. The number of nitrogens with one attached hydrogen (secondary N) is 1. The summed E-state index contributed by atoms with van der Waals surface area (Å²) in [5.41, 5.74) is 3.15. The number of hydrogen-bond donors (Lipinski definition) is 2. The quantitative estimate of drug-likeness (QED) is 0.888. The van der Waals surface area contributed by atoms with E-state index < -0.39 is 0 Å². The number of aromatic nitrogens is 2. The van der Waals surface area contributed by atoms with Crippen molar-refractivity contribution < 1.29 is 5.11 Å². The summed E-state index contributed by atoms with van der Waals surface area (Å²) in [4.78, 5) is 0. The van der Waals surface area contributed by atoms with Crippen LogP contribution in [0.3, 0.4) is 0 Å². The molecular weight excluding hydrogens is 262 g/mol. The molecule has 1 atom stereocenters. The largest absolute Gasteiger partial charge is 0.391 e. The van der Waals surface area contributed by atoms with Gasteiger partial charge in [-0.3, -0.25) is 4.68 Å². The lowest BCUT2D eigenvalue weighted by Gasteiger charge is -2.26. The Kier molecular flexibility index (Phi) is 4.80. The van der Waals surface area contributed by atoms with Crippen LogP contribution in [0.4, 0.5) is 0 Å². The van der Waals surface area contributed by atoms with Crippen molar-refractivity contribution in [3.63, 3.8) is 0 Å². The van der Waals surface area contributed by atoms with Gasteiger partial charge in [0.25, 0.3) is 0 Å². The maximum Gasteiger partial charge on any atom is 0.0967 e. The second-order valence-corrected chi connectivity index (χ2v) is 6.56. The molecule has 2 N–H and O–H groups in total. The molecule has 1 unspecified atom stereocenters. The summed E-state index contributed by atoms with van der Waals surface area (Å²) in [6, 6.07) is 10.2. The van der Waals surface area contributed by atoms with Gasteiger partial charge in [-0.15, -0.1) is 0 Å². The first kappa shape index (κ1) is 15.7. The summed E-state index contributed by atoms with van der Waals surface area (Å²) in [6.07, 6.45) is 1.66. The molecule has 4 nitrogen and oxygen atoms in total. The van der Waals surface area contributed by atoms with E-state index in [9.17, 15) is 5.11 Å². The zero-order chi connectivity index (χ0) is 15.5. The van der Waals surface area contributed by atoms with Gasteiger partial charge in [0, 0.05) is 37.5 Å². The van der Waals surface area contributed by atoms with E-state index in [1.165, 1.54) is 0 Å². The summed E-state index contributed by atoms with van der Waals surface area (Å²) in [5, 5.41) is 17.9. The van der Waals surface area contributed by atoms with Crippen LogP contribution in [0.1, 0.15) is 26.3 Å². The highest BCUT2D eigenvalue weighted by Gasteiger charge is 2.21. The number of benzene rings is 1. The molecule has 1 heterocycles. The van der Waals surface area contributed by atoms with Crippen LogP contribution >= 0.6 is 0 Å². The molecule has 4 heteroatoms. The molecule has 0 radical (unpaired) electrons. The minimum absolute atomic E-state index is 0.107. The Balaban J connectivity index is 2.05. The summed E-state index contributed by atoms with van der Waals surface area (Å²) in [6.45, 7) is 7.40. The summed E-state index contributed by atoms with van der Waals surface area (Å²) >= 11 is 0. The molecule has 0 saturated carbocycles. The Morgan fingerprint density at radius 1 is 1.24 bits per heavy atom. The molecule has 1 aromatic heterocycles. The minimum Gasteiger partial charge on any atom is -0.391 e. The molecule has 0 fully saturated rings. The van der Waals surface area contributed by atoms with Crippen molar-refractivity contribution in [1.82, 2.24) is 15.1 Å². The first-order valence-electron chi connectivity index (χ1n) is 7.34. The first-order chi connectivity index (χ1) is 9.88. The van der Waals surface area contributed by atoms with Gasteiger partial charge in [0.05, 0.1) is 11.8 Å². The van der Waals surface area contributed by atoms with Crippen LogP contribution in [0.25, 0.3) is 11.3 Å². The van der Waals surface area contributed by atoms with Gasteiger partial charge >= 0.3 is 0 Å². The summed E-state index contributed by atoms with van der Waals surface area (Å²) < 4.78 is 1.83. The maximum atomic E-state index is 10.1. The van der Waals surface area contributed by atoms with E-state index in [1.54, 1.807) is 0 Å². The number of aliphatic hydroxyl groups is 1. The van der Waals surface area contributed by atoms with E-state index in [1.807, 2.05) is 56.9 Å². The van der Waals surface area contributed by atoms with Crippen molar-refractivity contribution in [3.05, 3.63) is 42.1 Å². The van der Waals surface area contributed by atoms with Crippen LogP contribution in [0, 0.1) is 5.41 Å². The molecule has 2 aromatic rings. The van der Waals surface area contributed by atoms with Gasteiger partial charge in [-0.2, -0.15) is 5.10 Å². The number of aryl methyl sites for hydroxylation is 1. The molecule has 1 aromatic carbocycles. The molecule has 21 heavy (non-hydrogen) atoms. The fraction of sp³-hybridized carbons (Fsp3) is 0.471. The van der Waals surface area contributed by atoms with Gasteiger partial charge in [0.2, 0.25) is 0 Å². The number of rotatable bonds is 5. The Hall–Kier alpha value is -1.65. The molecule has 0 aliphatic rings.